The first kappa shape index (κ1) is 12.2. The van der Waals surface area contributed by atoms with E-state index in [2.05, 4.69) is 4.90 Å². The van der Waals surface area contributed by atoms with Gasteiger partial charge in [-0.25, -0.2) is 4.79 Å². The fourth-order valence-corrected chi connectivity index (χ4v) is 3.66. The molecule has 0 aromatic carbocycles. The maximum absolute atomic E-state index is 10.4. The van der Waals surface area contributed by atoms with E-state index in [9.17, 15) is 4.79 Å². The summed E-state index contributed by atoms with van der Waals surface area (Å²) < 4.78 is 5.32. The van der Waals surface area contributed by atoms with Crippen LogP contribution in [0.5, 0.6) is 0 Å². The first-order valence-corrected chi connectivity index (χ1v) is 7.06. The smallest absolute Gasteiger partial charge is 0.329 e. The van der Waals surface area contributed by atoms with Gasteiger partial charge in [0.1, 0.15) is 6.61 Å². The number of thioether (sulfide) groups is 1. The Kier molecular flexibility index (Phi) is 4.49. The molecular weight excluding hydrogens is 226 g/mol. The number of aliphatic carboxylic acids is 1. The Balaban J connectivity index is 1.67. The zero-order chi connectivity index (χ0) is 11.4. The minimum Gasteiger partial charge on any atom is -0.480 e. The van der Waals surface area contributed by atoms with Crippen molar-refractivity contribution in [3.63, 3.8) is 0 Å². The third-order valence-corrected chi connectivity index (χ3v) is 4.49. The summed E-state index contributed by atoms with van der Waals surface area (Å²) in [6.45, 7) is 1.98. The van der Waals surface area contributed by atoms with Crippen LogP contribution in [0.2, 0.25) is 0 Å². The second kappa shape index (κ2) is 5.89. The molecule has 0 saturated carbocycles. The minimum absolute atomic E-state index is 0.149. The Morgan fingerprint density at radius 3 is 2.69 bits per heavy atom. The van der Waals surface area contributed by atoms with Crippen LogP contribution < -0.4 is 0 Å². The van der Waals surface area contributed by atoms with E-state index in [0.717, 1.165) is 32.0 Å². The van der Waals surface area contributed by atoms with Gasteiger partial charge in [-0.3, -0.25) is 4.90 Å². The molecule has 1 atom stereocenters. The lowest BCUT2D eigenvalue weighted by molar-refractivity contribution is -0.145. The van der Waals surface area contributed by atoms with Crippen LogP contribution >= 0.6 is 11.8 Å². The summed E-state index contributed by atoms with van der Waals surface area (Å²) in [4.78, 5) is 12.9. The molecule has 0 amide bonds. The quantitative estimate of drug-likeness (QED) is 0.802. The molecule has 0 aromatic rings. The molecule has 5 heteroatoms. The molecule has 92 valence electrons. The molecule has 2 aliphatic heterocycles. The summed E-state index contributed by atoms with van der Waals surface area (Å²) >= 11 is 2.04. The summed E-state index contributed by atoms with van der Waals surface area (Å²) in [5.41, 5.74) is 0. The van der Waals surface area contributed by atoms with Crippen LogP contribution in [0.15, 0.2) is 0 Å². The largest absolute Gasteiger partial charge is 0.480 e. The molecule has 0 radical (unpaired) electrons. The van der Waals surface area contributed by atoms with Crippen LogP contribution in [0.3, 0.4) is 0 Å². The van der Waals surface area contributed by atoms with Crippen molar-refractivity contribution in [2.45, 2.75) is 31.4 Å². The molecule has 2 rings (SSSR count). The molecule has 1 unspecified atom stereocenters. The molecule has 1 N–H and O–H groups in total. The molecule has 2 saturated heterocycles. The van der Waals surface area contributed by atoms with E-state index < -0.39 is 5.97 Å². The molecule has 2 aliphatic rings. The van der Waals surface area contributed by atoms with E-state index in [0.29, 0.717) is 0 Å². The first-order valence-electron chi connectivity index (χ1n) is 5.91. The van der Waals surface area contributed by atoms with E-state index >= 15 is 0 Å². The first-order chi connectivity index (χ1) is 7.75. The van der Waals surface area contributed by atoms with Crippen molar-refractivity contribution in [2.24, 2.45) is 0 Å². The van der Waals surface area contributed by atoms with E-state index in [4.69, 9.17) is 9.84 Å². The average molecular weight is 245 g/mol. The summed E-state index contributed by atoms with van der Waals surface area (Å²) in [7, 11) is 0. The predicted molar refractivity (Wildman–Crippen MR) is 63.9 cm³/mol. The van der Waals surface area contributed by atoms with Gasteiger partial charge in [0, 0.05) is 24.9 Å². The summed E-state index contributed by atoms with van der Waals surface area (Å²) in [6, 6.07) is 0.755. The standard InChI is InChI=1S/C11H19NO3S/c13-11(14)7-15-10-1-4-12(5-2-10)9-3-6-16-8-9/h9-10H,1-8H2,(H,13,14). The molecule has 4 nitrogen and oxygen atoms in total. The van der Waals surface area contributed by atoms with Gasteiger partial charge in [-0.2, -0.15) is 11.8 Å². The number of ether oxygens (including phenoxy) is 1. The van der Waals surface area contributed by atoms with Crippen LogP contribution in [0.4, 0.5) is 0 Å². The van der Waals surface area contributed by atoms with Gasteiger partial charge in [-0.15, -0.1) is 0 Å². The SMILES string of the molecule is O=C(O)COC1CCN(C2CCSC2)CC1. The lowest BCUT2D eigenvalue weighted by Gasteiger charge is -2.35. The number of carbonyl (C=O) groups is 1. The molecular formula is C11H19NO3S. The van der Waals surface area contributed by atoms with E-state index in [1.807, 2.05) is 11.8 Å². The Morgan fingerprint density at radius 2 is 2.12 bits per heavy atom. The highest BCUT2D eigenvalue weighted by Gasteiger charge is 2.27. The van der Waals surface area contributed by atoms with E-state index in [1.54, 1.807) is 0 Å². The molecule has 0 spiro atoms. The highest BCUT2D eigenvalue weighted by molar-refractivity contribution is 7.99. The van der Waals surface area contributed by atoms with Gasteiger partial charge in [0.15, 0.2) is 0 Å². The van der Waals surface area contributed by atoms with Crippen LogP contribution in [0.1, 0.15) is 19.3 Å². The van der Waals surface area contributed by atoms with Gasteiger partial charge >= 0.3 is 5.97 Å². The Morgan fingerprint density at radius 1 is 1.38 bits per heavy atom. The fourth-order valence-electron chi connectivity index (χ4n) is 2.41. The highest BCUT2D eigenvalue weighted by Crippen LogP contribution is 2.25. The van der Waals surface area contributed by atoms with Gasteiger partial charge in [0.2, 0.25) is 0 Å². The van der Waals surface area contributed by atoms with Crippen molar-refractivity contribution in [1.82, 2.24) is 4.90 Å². The number of carboxylic acids is 1. The molecule has 16 heavy (non-hydrogen) atoms. The second-order valence-electron chi connectivity index (χ2n) is 4.46. The topological polar surface area (TPSA) is 49.8 Å². The number of hydrogen-bond acceptors (Lipinski definition) is 4. The van der Waals surface area contributed by atoms with Crippen molar-refractivity contribution in [3.05, 3.63) is 0 Å². The van der Waals surface area contributed by atoms with Crippen molar-refractivity contribution in [1.29, 1.82) is 0 Å². The Bertz CT molecular complexity index is 235. The van der Waals surface area contributed by atoms with Crippen LogP contribution in [0, 0.1) is 0 Å². The van der Waals surface area contributed by atoms with Crippen LogP contribution in [-0.2, 0) is 9.53 Å². The minimum atomic E-state index is -0.866. The summed E-state index contributed by atoms with van der Waals surface area (Å²) in [5.74, 6) is 1.69. The fraction of sp³-hybridized carbons (Fsp3) is 0.909. The van der Waals surface area contributed by atoms with Crippen molar-refractivity contribution in [3.8, 4) is 0 Å². The van der Waals surface area contributed by atoms with Gasteiger partial charge < -0.3 is 9.84 Å². The zero-order valence-corrected chi connectivity index (χ0v) is 10.2. The normalized spacial score (nSPS) is 28.4. The maximum Gasteiger partial charge on any atom is 0.329 e. The average Bonchev–Trinajstić information content (AvgIpc) is 2.80. The van der Waals surface area contributed by atoms with E-state index in [-0.39, 0.29) is 12.7 Å². The second-order valence-corrected chi connectivity index (χ2v) is 5.61. The van der Waals surface area contributed by atoms with Gasteiger partial charge in [0.05, 0.1) is 6.10 Å². The lowest BCUT2D eigenvalue weighted by Crippen LogP contribution is -2.43. The maximum atomic E-state index is 10.4. The number of carboxylic acid groups (broad SMARTS) is 1. The zero-order valence-electron chi connectivity index (χ0n) is 9.43. The van der Waals surface area contributed by atoms with Crippen LogP contribution in [-0.4, -0.2) is 59.3 Å². The van der Waals surface area contributed by atoms with Crippen molar-refractivity contribution in [2.75, 3.05) is 31.2 Å². The number of nitrogens with zero attached hydrogens (tertiary/aromatic N) is 1. The molecule has 2 heterocycles. The molecule has 0 bridgehead atoms. The summed E-state index contributed by atoms with van der Waals surface area (Å²) in [5, 5.41) is 8.53. The van der Waals surface area contributed by atoms with E-state index in [1.165, 1.54) is 17.9 Å². The molecule has 0 aliphatic carbocycles. The Hall–Kier alpha value is -0.260. The van der Waals surface area contributed by atoms with Crippen molar-refractivity contribution < 1.29 is 14.6 Å². The third-order valence-electron chi connectivity index (χ3n) is 3.34. The third kappa shape index (κ3) is 3.37. The lowest BCUT2D eigenvalue weighted by atomic mass is 10.1. The van der Waals surface area contributed by atoms with Crippen LogP contribution in [0.25, 0.3) is 0 Å². The van der Waals surface area contributed by atoms with Crippen molar-refractivity contribution >= 4 is 17.7 Å². The highest BCUT2D eigenvalue weighted by atomic mass is 32.2. The molecule has 0 aromatic heterocycles. The Labute approximate surface area is 100 Å². The number of hydrogen-bond donors (Lipinski definition) is 1. The van der Waals surface area contributed by atoms with Gasteiger partial charge in [0.25, 0.3) is 0 Å². The number of piperidine rings is 1. The number of rotatable bonds is 4. The number of likely N-dealkylation sites (tertiary alicyclic amines) is 1. The monoisotopic (exact) mass is 245 g/mol. The van der Waals surface area contributed by atoms with Gasteiger partial charge in [-0.05, 0) is 25.0 Å². The summed E-state index contributed by atoms with van der Waals surface area (Å²) in [6.07, 6.45) is 3.43. The predicted octanol–water partition coefficient (Wildman–Crippen LogP) is 1.06. The van der Waals surface area contributed by atoms with Gasteiger partial charge in [-0.1, -0.05) is 0 Å². The molecule has 2 fully saturated rings.